The highest BCUT2D eigenvalue weighted by molar-refractivity contribution is 5.90. The maximum atomic E-state index is 13.4. The third-order valence-corrected chi connectivity index (χ3v) is 3.44. The van der Waals surface area contributed by atoms with Crippen molar-refractivity contribution in [2.24, 2.45) is 0 Å². The van der Waals surface area contributed by atoms with Crippen molar-refractivity contribution in [3.8, 4) is 16.9 Å². The van der Waals surface area contributed by atoms with Crippen molar-refractivity contribution in [3.05, 3.63) is 83.9 Å². The maximum Gasteiger partial charge on any atom is 0.335 e. The Balaban J connectivity index is 1.92. The van der Waals surface area contributed by atoms with Gasteiger partial charge in [-0.3, -0.25) is 4.98 Å². The van der Waals surface area contributed by atoms with Gasteiger partial charge in [0.15, 0.2) is 0 Å². The lowest BCUT2D eigenvalue weighted by molar-refractivity contribution is 0.0696. The average Bonchev–Trinajstić information content (AvgIpc) is 2.60. The van der Waals surface area contributed by atoms with Crippen LogP contribution in [0.3, 0.4) is 0 Å². The number of carboxylic acid groups (broad SMARTS) is 1. The summed E-state index contributed by atoms with van der Waals surface area (Å²) in [4.78, 5) is 15.1. The van der Waals surface area contributed by atoms with Gasteiger partial charge in [0.1, 0.15) is 18.2 Å². The van der Waals surface area contributed by atoms with Crippen LogP contribution in [0, 0.1) is 5.82 Å². The molecule has 0 amide bonds. The summed E-state index contributed by atoms with van der Waals surface area (Å²) in [6.45, 7) is 0.310. The molecule has 3 rings (SSSR count). The summed E-state index contributed by atoms with van der Waals surface area (Å²) in [6.07, 6.45) is 2.57. The van der Waals surface area contributed by atoms with Crippen LogP contribution in [0.5, 0.6) is 5.75 Å². The van der Waals surface area contributed by atoms with E-state index in [1.54, 1.807) is 6.07 Å². The maximum absolute atomic E-state index is 13.4. The zero-order valence-corrected chi connectivity index (χ0v) is 12.6. The minimum absolute atomic E-state index is 0.0693. The van der Waals surface area contributed by atoms with Gasteiger partial charge in [-0.1, -0.05) is 30.3 Å². The first-order valence-electron chi connectivity index (χ1n) is 7.28. The number of carbonyl (C=O) groups is 1. The van der Waals surface area contributed by atoms with E-state index < -0.39 is 11.8 Å². The number of benzene rings is 2. The molecule has 0 aliphatic rings. The summed E-state index contributed by atoms with van der Waals surface area (Å²) in [5, 5.41) is 9.28. The molecule has 0 spiro atoms. The van der Waals surface area contributed by atoms with Crippen molar-refractivity contribution < 1.29 is 19.0 Å². The second kappa shape index (κ2) is 6.91. The molecule has 0 aliphatic carbocycles. The Hall–Kier alpha value is -3.21. The fourth-order valence-electron chi connectivity index (χ4n) is 2.28. The van der Waals surface area contributed by atoms with Crippen LogP contribution >= 0.6 is 0 Å². The van der Waals surface area contributed by atoms with Gasteiger partial charge in [-0.25, -0.2) is 9.18 Å². The summed E-state index contributed by atoms with van der Waals surface area (Å²) < 4.78 is 19.1. The molecule has 1 N–H and O–H groups in total. The lowest BCUT2D eigenvalue weighted by atomic mass is 10.0. The Morgan fingerprint density at radius 3 is 2.54 bits per heavy atom. The van der Waals surface area contributed by atoms with Crippen LogP contribution in [0.4, 0.5) is 4.39 Å². The van der Waals surface area contributed by atoms with Crippen molar-refractivity contribution in [2.75, 3.05) is 0 Å². The quantitative estimate of drug-likeness (QED) is 0.766. The van der Waals surface area contributed by atoms with Gasteiger partial charge in [0.05, 0.1) is 11.8 Å². The highest BCUT2D eigenvalue weighted by atomic mass is 19.1. The number of halogens is 1. The molecule has 0 fully saturated rings. The SMILES string of the molecule is O=C(O)c1cc(OCc2ccccc2)cc(-c2cncc(F)c2)c1. The number of aromatic nitrogens is 1. The van der Waals surface area contributed by atoms with Gasteiger partial charge < -0.3 is 9.84 Å². The summed E-state index contributed by atoms with van der Waals surface area (Å²) >= 11 is 0. The smallest absolute Gasteiger partial charge is 0.335 e. The molecule has 5 heteroatoms. The zero-order valence-electron chi connectivity index (χ0n) is 12.6. The van der Waals surface area contributed by atoms with Crippen LogP contribution in [0.1, 0.15) is 15.9 Å². The number of pyridine rings is 1. The van der Waals surface area contributed by atoms with Crippen molar-refractivity contribution in [3.63, 3.8) is 0 Å². The number of carboxylic acids is 1. The van der Waals surface area contributed by atoms with E-state index in [1.807, 2.05) is 30.3 Å². The molecule has 0 bridgehead atoms. The number of aromatic carboxylic acids is 1. The molecule has 24 heavy (non-hydrogen) atoms. The Morgan fingerprint density at radius 2 is 1.83 bits per heavy atom. The minimum Gasteiger partial charge on any atom is -0.489 e. The van der Waals surface area contributed by atoms with Gasteiger partial charge in [-0.2, -0.15) is 0 Å². The summed E-state index contributed by atoms with van der Waals surface area (Å²) in [6, 6.07) is 15.4. The lowest BCUT2D eigenvalue weighted by Crippen LogP contribution is -2.00. The molecule has 120 valence electrons. The van der Waals surface area contributed by atoms with Gasteiger partial charge in [0.2, 0.25) is 0 Å². The molecule has 3 aromatic rings. The Labute approximate surface area is 138 Å². The molecule has 2 aromatic carbocycles. The van der Waals surface area contributed by atoms with Gasteiger partial charge in [0.25, 0.3) is 0 Å². The average molecular weight is 323 g/mol. The molecule has 1 aromatic heterocycles. The van der Waals surface area contributed by atoms with Gasteiger partial charge in [0, 0.05) is 11.8 Å². The molecule has 4 nitrogen and oxygen atoms in total. The normalized spacial score (nSPS) is 10.4. The highest BCUT2D eigenvalue weighted by Crippen LogP contribution is 2.27. The topological polar surface area (TPSA) is 59.4 Å². The summed E-state index contributed by atoms with van der Waals surface area (Å²) in [5.41, 5.74) is 2.06. The fraction of sp³-hybridized carbons (Fsp3) is 0.0526. The predicted octanol–water partition coefficient (Wildman–Crippen LogP) is 4.16. The Kier molecular flexibility index (Phi) is 4.52. The molecule has 0 unspecified atom stereocenters. The number of hydrogen-bond acceptors (Lipinski definition) is 3. The van der Waals surface area contributed by atoms with Crippen molar-refractivity contribution in [2.45, 2.75) is 6.61 Å². The molecule has 0 atom stereocenters. The Morgan fingerprint density at radius 1 is 1.04 bits per heavy atom. The van der Waals surface area contributed by atoms with Gasteiger partial charge in [-0.05, 0) is 35.4 Å². The van der Waals surface area contributed by atoms with E-state index >= 15 is 0 Å². The molecular weight excluding hydrogens is 309 g/mol. The number of ether oxygens (including phenoxy) is 1. The van der Waals surface area contributed by atoms with Gasteiger partial charge >= 0.3 is 5.97 Å². The van der Waals surface area contributed by atoms with E-state index in [4.69, 9.17) is 4.74 Å². The minimum atomic E-state index is -1.08. The van der Waals surface area contributed by atoms with E-state index in [0.29, 0.717) is 23.5 Å². The second-order valence-electron chi connectivity index (χ2n) is 5.22. The van der Waals surface area contributed by atoms with E-state index in [0.717, 1.165) is 11.8 Å². The number of hydrogen-bond donors (Lipinski definition) is 1. The largest absolute Gasteiger partial charge is 0.489 e. The molecular formula is C19H14FNO3. The number of nitrogens with zero attached hydrogens (tertiary/aromatic N) is 1. The van der Waals surface area contributed by atoms with Crippen molar-refractivity contribution in [1.29, 1.82) is 0 Å². The summed E-state index contributed by atoms with van der Waals surface area (Å²) in [5.74, 6) is -1.16. The predicted molar refractivity (Wildman–Crippen MR) is 87.4 cm³/mol. The van der Waals surface area contributed by atoms with E-state index in [2.05, 4.69) is 4.98 Å². The highest BCUT2D eigenvalue weighted by Gasteiger charge is 2.10. The Bertz CT molecular complexity index is 865. The molecule has 0 saturated carbocycles. The first-order chi connectivity index (χ1) is 11.6. The van der Waals surface area contributed by atoms with E-state index in [-0.39, 0.29) is 5.56 Å². The monoisotopic (exact) mass is 323 g/mol. The first-order valence-corrected chi connectivity index (χ1v) is 7.28. The second-order valence-corrected chi connectivity index (χ2v) is 5.22. The number of rotatable bonds is 5. The molecule has 0 radical (unpaired) electrons. The molecule has 0 aliphatic heterocycles. The van der Waals surface area contributed by atoms with E-state index in [1.165, 1.54) is 24.4 Å². The van der Waals surface area contributed by atoms with Gasteiger partial charge in [-0.15, -0.1) is 0 Å². The fourth-order valence-corrected chi connectivity index (χ4v) is 2.28. The third kappa shape index (κ3) is 3.76. The summed E-state index contributed by atoms with van der Waals surface area (Å²) in [7, 11) is 0. The van der Waals surface area contributed by atoms with Crippen LogP contribution in [-0.2, 0) is 6.61 Å². The van der Waals surface area contributed by atoms with Crippen molar-refractivity contribution >= 4 is 5.97 Å². The van der Waals surface area contributed by atoms with Crippen LogP contribution in [0.25, 0.3) is 11.1 Å². The van der Waals surface area contributed by atoms with Crippen LogP contribution in [0.2, 0.25) is 0 Å². The van der Waals surface area contributed by atoms with Crippen LogP contribution in [-0.4, -0.2) is 16.1 Å². The van der Waals surface area contributed by atoms with Crippen LogP contribution < -0.4 is 4.74 Å². The lowest BCUT2D eigenvalue weighted by Gasteiger charge is -2.10. The zero-order chi connectivity index (χ0) is 16.9. The molecule has 1 heterocycles. The first kappa shape index (κ1) is 15.7. The third-order valence-electron chi connectivity index (χ3n) is 3.44. The van der Waals surface area contributed by atoms with Crippen LogP contribution in [0.15, 0.2) is 67.0 Å². The standard InChI is InChI=1S/C19H14FNO3/c20-17-7-16(10-21-11-17)14-6-15(19(22)23)9-18(8-14)24-12-13-4-2-1-3-5-13/h1-11H,12H2,(H,22,23). The molecule has 0 saturated heterocycles. The van der Waals surface area contributed by atoms with Crippen molar-refractivity contribution in [1.82, 2.24) is 4.98 Å². The van der Waals surface area contributed by atoms with E-state index in [9.17, 15) is 14.3 Å².